The van der Waals surface area contributed by atoms with Gasteiger partial charge in [0.1, 0.15) is 5.75 Å². The van der Waals surface area contributed by atoms with E-state index in [9.17, 15) is 14.7 Å². The Balaban J connectivity index is 1.58. The average molecular weight is 617 g/mol. The highest BCUT2D eigenvalue weighted by atomic mass is 79.9. The number of rotatable bonds is 6. The number of nitrogens with zero attached hydrogens (tertiary/aromatic N) is 3. The molecule has 0 saturated carbocycles. The Bertz CT molecular complexity index is 1380. The van der Waals surface area contributed by atoms with E-state index in [1.54, 1.807) is 41.0 Å². The van der Waals surface area contributed by atoms with Crippen molar-refractivity contribution < 1.29 is 14.7 Å². The van der Waals surface area contributed by atoms with Crippen molar-refractivity contribution in [3.05, 3.63) is 81.2 Å². The molecule has 3 amide bonds. The van der Waals surface area contributed by atoms with Crippen molar-refractivity contribution in [1.82, 2.24) is 20.1 Å². The fourth-order valence-corrected chi connectivity index (χ4v) is 5.15. The van der Waals surface area contributed by atoms with Gasteiger partial charge in [0.2, 0.25) is 5.91 Å². The number of carbonyl (C=O) groups is 2. The van der Waals surface area contributed by atoms with Gasteiger partial charge >= 0.3 is 6.03 Å². The standard InChI is InChI=1S/C24H19Br2N5O3S/c1-14-7-9-17(10-8-14)31-22(18-11-15(25)12-19(26)21(18)33)29-30-24(31)35-13-20(32)28-23(34)27-16-5-3-2-4-6-16/h2-12,33H,13H2,1H3,(H2,27,28,32,34). The second-order valence-electron chi connectivity index (χ2n) is 7.42. The molecule has 0 atom stereocenters. The zero-order valence-electron chi connectivity index (χ0n) is 18.3. The van der Waals surface area contributed by atoms with E-state index in [1.165, 1.54) is 0 Å². The zero-order chi connectivity index (χ0) is 24.9. The fourth-order valence-electron chi connectivity index (χ4n) is 3.18. The number of phenols is 1. The van der Waals surface area contributed by atoms with Gasteiger partial charge < -0.3 is 10.4 Å². The van der Waals surface area contributed by atoms with Crippen molar-refractivity contribution in [2.45, 2.75) is 12.1 Å². The number of halogens is 2. The SMILES string of the molecule is Cc1ccc(-n2c(SCC(=O)NC(=O)Nc3ccccc3)nnc2-c2cc(Br)cc(Br)c2O)cc1. The number of hydrogen-bond donors (Lipinski definition) is 3. The maximum absolute atomic E-state index is 12.4. The van der Waals surface area contributed by atoms with Gasteiger partial charge in [0.15, 0.2) is 11.0 Å². The third kappa shape index (κ3) is 6.11. The van der Waals surface area contributed by atoms with Crippen LogP contribution in [-0.2, 0) is 4.79 Å². The van der Waals surface area contributed by atoms with Gasteiger partial charge in [-0.25, -0.2) is 4.79 Å². The monoisotopic (exact) mass is 615 g/mol. The number of phenolic OH excluding ortho intramolecular Hbond substituents is 1. The van der Waals surface area contributed by atoms with Crippen molar-refractivity contribution in [3.63, 3.8) is 0 Å². The number of benzene rings is 3. The summed E-state index contributed by atoms with van der Waals surface area (Å²) in [7, 11) is 0. The number of urea groups is 1. The molecule has 0 radical (unpaired) electrons. The van der Waals surface area contributed by atoms with Crippen LogP contribution in [0.5, 0.6) is 5.75 Å². The molecule has 0 aliphatic carbocycles. The topological polar surface area (TPSA) is 109 Å². The summed E-state index contributed by atoms with van der Waals surface area (Å²) < 4.78 is 3.00. The predicted molar refractivity (Wildman–Crippen MR) is 143 cm³/mol. The van der Waals surface area contributed by atoms with E-state index in [1.807, 2.05) is 37.3 Å². The predicted octanol–water partition coefficient (Wildman–Crippen LogP) is 5.91. The zero-order valence-corrected chi connectivity index (χ0v) is 22.3. The van der Waals surface area contributed by atoms with Crippen LogP contribution in [0.15, 0.2) is 80.8 Å². The highest BCUT2D eigenvalue weighted by molar-refractivity contribution is 9.11. The lowest BCUT2D eigenvalue weighted by molar-refractivity contribution is -0.117. The van der Waals surface area contributed by atoms with E-state index in [2.05, 4.69) is 52.7 Å². The summed E-state index contributed by atoms with van der Waals surface area (Å²) in [5.74, 6) is -0.143. The number of aromatic hydroxyl groups is 1. The van der Waals surface area contributed by atoms with E-state index in [-0.39, 0.29) is 11.5 Å². The number of nitrogens with one attached hydrogen (secondary N) is 2. The average Bonchev–Trinajstić information content (AvgIpc) is 3.25. The number of para-hydroxylation sites is 1. The summed E-state index contributed by atoms with van der Waals surface area (Å²) in [5, 5.41) is 24.6. The number of hydrogen-bond acceptors (Lipinski definition) is 6. The lowest BCUT2D eigenvalue weighted by Gasteiger charge is -2.12. The number of amides is 3. The van der Waals surface area contributed by atoms with Gasteiger partial charge in [0, 0.05) is 15.8 Å². The summed E-state index contributed by atoms with van der Waals surface area (Å²) in [6, 6.07) is 19.4. The largest absolute Gasteiger partial charge is 0.506 e. The molecule has 0 aliphatic heterocycles. The number of thioether (sulfide) groups is 1. The van der Waals surface area contributed by atoms with Crippen LogP contribution in [0.25, 0.3) is 17.1 Å². The molecule has 0 unspecified atom stereocenters. The normalized spacial score (nSPS) is 10.7. The summed E-state index contributed by atoms with van der Waals surface area (Å²) in [4.78, 5) is 24.5. The van der Waals surface area contributed by atoms with Crippen LogP contribution in [0, 0.1) is 6.92 Å². The number of imide groups is 1. The van der Waals surface area contributed by atoms with E-state index >= 15 is 0 Å². The second-order valence-corrected chi connectivity index (χ2v) is 10.1. The van der Waals surface area contributed by atoms with Gasteiger partial charge in [0.25, 0.3) is 0 Å². The third-order valence-electron chi connectivity index (χ3n) is 4.81. The van der Waals surface area contributed by atoms with E-state index in [0.717, 1.165) is 27.5 Å². The summed E-state index contributed by atoms with van der Waals surface area (Å²) in [5.41, 5.74) is 2.87. The third-order valence-corrected chi connectivity index (χ3v) is 6.80. The first-order valence-electron chi connectivity index (χ1n) is 10.3. The minimum absolute atomic E-state index is 0.0147. The molecule has 178 valence electrons. The molecule has 0 saturated heterocycles. The quantitative estimate of drug-likeness (QED) is 0.232. The Morgan fingerprint density at radius 1 is 1.03 bits per heavy atom. The van der Waals surface area contributed by atoms with Crippen molar-refractivity contribution in [2.24, 2.45) is 0 Å². The van der Waals surface area contributed by atoms with Gasteiger partial charge in [-0.15, -0.1) is 10.2 Å². The second kappa shape index (κ2) is 11.1. The van der Waals surface area contributed by atoms with Crippen LogP contribution >= 0.6 is 43.6 Å². The van der Waals surface area contributed by atoms with Crippen molar-refractivity contribution in [3.8, 4) is 22.8 Å². The Hall–Kier alpha value is -3.15. The first-order chi connectivity index (χ1) is 16.8. The molecule has 4 rings (SSSR count). The van der Waals surface area contributed by atoms with Crippen molar-refractivity contribution in [1.29, 1.82) is 0 Å². The molecule has 0 spiro atoms. The lowest BCUT2D eigenvalue weighted by atomic mass is 10.1. The number of anilines is 1. The molecular formula is C24H19Br2N5O3S. The van der Waals surface area contributed by atoms with Crippen LogP contribution in [0.4, 0.5) is 10.5 Å². The van der Waals surface area contributed by atoms with Crippen LogP contribution in [0.2, 0.25) is 0 Å². The highest BCUT2D eigenvalue weighted by Crippen LogP contribution is 2.39. The first kappa shape index (κ1) is 25.0. The van der Waals surface area contributed by atoms with Gasteiger partial charge in [0.05, 0.1) is 15.8 Å². The molecule has 1 aromatic heterocycles. The minimum atomic E-state index is -0.619. The molecule has 3 N–H and O–H groups in total. The fraction of sp³-hybridized carbons (Fsp3) is 0.0833. The molecule has 11 heteroatoms. The van der Waals surface area contributed by atoms with Gasteiger partial charge in [-0.3, -0.25) is 14.7 Å². The van der Waals surface area contributed by atoms with Gasteiger partial charge in [-0.2, -0.15) is 0 Å². The van der Waals surface area contributed by atoms with Crippen LogP contribution in [-0.4, -0.2) is 37.6 Å². The van der Waals surface area contributed by atoms with Crippen molar-refractivity contribution in [2.75, 3.05) is 11.1 Å². The van der Waals surface area contributed by atoms with Crippen LogP contribution in [0.1, 0.15) is 5.56 Å². The van der Waals surface area contributed by atoms with Gasteiger partial charge in [-0.05, 0) is 59.3 Å². The Labute approximate surface area is 222 Å². The highest BCUT2D eigenvalue weighted by Gasteiger charge is 2.21. The molecule has 0 bridgehead atoms. The first-order valence-corrected chi connectivity index (χ1v) is 12.9. The molecule has 4 aromatic rings. The summed E-state index contributed by atoms with van der Waals surface area (Å²) in [6.07, 6.45) is 0. The number of carbonyl (C=O) groups excluding carboxylic acids is 2. The van der Waals surface area contributed by atoms with Gasteiger partial charge in [-0.1, -0.05) is 63.6 Å². The maximum atomic E-state index is 12.4. The van der Waals surface area contributed by atoms with E-state index in [4.69, 9.17) is 0 Å². The Morgan fingerprint density at radius 3 is 2.46 bits per heavy atom. The van der Waals surface area contributed by atoms with Crippen LogP contribution < -0.4 is 10.6 Å². The number of aryl methyl sites for hydroxylation is 1. The van der Waals surface area contributed by atoms with Crippen molar-refractivity contribution >= 4 is 61.2 Å². The summed E-state index contributed by atoms with van der Waals surface area (Å²) in [6.45, 7) is 1.98. The molecule has 1 heterocycles. The molecular weight excluding hydrogens is 598 g/mol. The molecule has 0 fully saturated rings. The minimum Gasteiger partial charge on any atom is -0.506 e. The molecule has 0 aliphatic rings. The molecule has 35 heavy (non-hydrogen) atoms. The summed E-state index contributed by atoms with van der Waals surface area (Å²) >= 11 is 7.92. The molecule has 3 aromatic carbocycles. The Morgan fingerprint density at radius 2 is 1.74 bits per heavy atom. The van der Waals surface area contributed by atoms with Crippen LogP contribution in [0.3, 0.4) is 0 Å². The molecule has 8 nitrogen and oxygen atoms in total. The maximum Gasteiger partial charge on any atom is 0.325 e. The smallest absolute Gasteiger partial charge is 0.325 e. The Kier molecular flexibility index (Phi) is 7.89. The lowest BCUT2D eigenvalue weighted by Crippen LogP contribution is -2.35. The van der Waals surface area contributed by atoms with E-state index < -0.39 is 11.9 Å². The van der Waals surface area contributed by atoms with E-state index in [0.29, 0.717) is 26.7 Å². The number of aromatic nitrogens is 3.